The topological polar surface area (TPSA) is 119 Å². The lowest BCUT2D eigenvalue weighted by atomic mass is 10.1. The highest BCUT2D eigenvalue weighted by molar-refractivity contribution is 6.07. The molecule has 2 amide bonds. The van der Waals surface area contributed by atoms with Crippen LogP contribution in [0.15, 0.2) is 54.6 Å². The molecular weight excluding hydrogens is 438 g/mol. The minimum atomic E-state index is -0.522. The number of rotatable bonds is 10. The first kappa shape index (κ1) is 24.5. The summed E-state index contributed by atoms with van der Waals surface area (Å²) >= 11 is 0. The molecular formula is C25H27N3O6. The van der Waals surface area contributed by atoms with Crippen LogP contribution in [0.5, 0.6) is 5.75 Å². The van der Waals surface area contributed by atoms with Gasteiger partial charge in [0, 0.05) is 30.2 Å². The molecule has 2 aromatic carbocycles. The van der Waals surface area contributed by atoms with Crippen LogP contribution in [0, 0.1) is 13.8 Å². The predicted octanol–water partition coefficient (Wildman–Crippen LogP) is 3.70. The van der Waals surface area contributed by atoms with Crippen molar-refractivity contribution in [3.8, 4) is 5.75 Å². The molecule has 0 saturated carbocycles. The Morgan fingerprint density at radius 2 is 1.65 bits per heavy atom. The SMILES string of the molecule is COCCOC(=O)c1c(C)[nH]c(C(=O)Nc2cccc(OCC(=O)Nc3ccccc3)c2)c1C. The van der Waals surface area contributed by atoms with Crippen molar-refractivity contribution in [2.24, 2.45) is 0 Å². The first-order chi connectivity index (χ1) is 16.4. The van der Waals surface area contributed by atoms with Gasteiger partial charge in [-0.3, -0.25) is 9.59 Å². The number of aryl methyl sites for hydroxylation is 1. The minimum Gasteiger partial charge on any atom is -0.484 e. The summed E-state index contributed by atoms with van der Waals surface area (Å²) in [6.07, 6.45) is 0. The number of ether oxygens (including phenoxy) is 3. The Balaban J connectivity index is 1.61. The standard InChI is InChI=1S/C25H27N3O6/c1-16-22(25(31)33-13-12-32-3)17(2)26-23(16)24(30)28-19-10-7-11-20(14-19)34-15-21(29)27-18-8-5-4-6-9-18/h4-11,14,26H,12-13,15H2,1-3H3,(H,27,29)(H,28,30). The van der Waals surface area contributed by atoms with Crippen molar-refractivity contribution in [2.75, 3.05) is 37.6 Å². The third-order valence-corrected chi connectivity index (χ3v) is 4.91. The van der Waals surface area contributed by atoms with E-state index in [2.05, 4.69) is 15.6 Å². The van der Waals surface area contributed by atoms with Gasteiger partial charge >= 0.3 is 5.97 Å². The van der Waals surface area contributed by atoms with Gasteiger partial charge in [-0.1, -0.05) is 24.3 Å². The average molecular weight is 466 g/mol. The molecule has 3 rings (SSSR count). The molecule has 0 aliphatic heterocycles. The lowest BCUT2D eigenvalue weighted by Gasteiger charge is -2.10. The average Bonchev–Trinajstić information content (AvgIpc) is 3.12. The zero-order chi connectivity index (χ0) is 24.5. The van der Waals surface area contributed by atoms with Crippen LogP contribution < -0.4 is 15.4 Å². The zero-order valence-electron chi connectivity index (χ0n) is 19.3. The van der Waals surface area contributed by atoms with E-state index in [-0.39, 0.29) is 31.4 Å². The monoisotopic (exact) mass is 465 g/mol. The van der Waals surface area contributed by atoms with Crippen LogP contribution in [0.2, 0.25) is 0 Å². The number of nitrogens with one attached hydrogen (secondary N) is 3. The maximum Gasteiger partial charge on any atom is 0.340 e. The van der Waals surface area contributed by atoms with Gasteiger partial charge in [0.25, 0.3) is 11.8 Å². The van der Waals surface area contributed by atoms with Crippen LogP contribution in [-0.2, 0) is 14.3 Å². The van der Waals surface area contributed by atoms with Gasteiger partial charge in [0.05, 0.1) is 12.2 Å². The number of amides is 2. The van der Waals surface area contributed by atoms with Crippen LogP contribution in [-0.4, -0.2) is 49.7 Å². The number of anilines is 2. The van der Waals surface area contributed by atoms with Gasteiger partial charge < -0.3 is 29.8 Å². The molecule has 9 nitrogen and oxygen atoms in total. The highest BCUT2D eigenvalue weighted by Gasteiger charge is 2.23. The van der Waals surface area contributed by atoms with Crippen LogP contribution in [0.25, 0.3) is 0 Å². The number of esters is 1. The molecule has 0 aliphatic carbocycles. The van der Waals surface area contributed by atoms with Gasteiger partial charge in [-0.2, -0.15) is 0 Å². The molecule has 3 aromatic rings. The number of para-hydroxylation sites is 1. The van der Waals surface area contributed by atoms with E-state index in [0.717, 1.165) is 0 Å². The Hall–Kier alpha value is -4.11. The van der Waals surface area contributed by atoms with E-state index in [4.69, 9.17) is 14.2 Å². The fourth-order valence-electron chi connectivity index (χ4n) is 3.30. The highest BCUT2D eigenvalue weighted by Crippen LogP contribution is 2.22. The maximum atomic E-state index is 12.8. The molecule has 178 valence electrons. The van der Waals surface area contributed by atoms with E-state index < -0.39 is 11.9 Å². The van der Waals surface area contributed by atoms with Crippen molar-refractivity contribution in [3.63, 3.8) is 0 Å². The smallest absolute Gasteiger partial charge is 0.340 e. The van der Waals surface area contributed by atoms with Crippen molar-refractivity contribution in [3.05, 3.63) is 77.1 Å². The summed E-state index contributed by atoms with van der Waals surface area (Å²) in [5, 5.41) is 5.51. The Bertz CT molecular complexity index is 1160. The fourth-order valence-corrected chi connectivity index (χ4v) is 3.30. The second kappa shape index (κ2) is 11.7. The number of hydrogen-bond donors (Lipinski definition) is 3. The molecule has 0 unspecified atom stereocenters. The van der Waals surface area contributed by atoms with E-state index in [9.17, 15) is 14.4 Å². The van der Waals surface area contributed by atoms with Crippen LogP contribution in [0.1, 0.15) is 32.1 Å². The molecule has 0 aliphatic rings. The number of aromatic nitrogens is 1. The summed E-state index contributed by atoms with van der Waals surface area (Å²) < 4.78 is 15.6. The van der Waals surface area contributed by atoms with Gasteiger partial charge in [-0.25, -0.2) is 4.79 Å². The van der Waals surface area contributed by atoms with Crippen LogP contribution in [0.3, 0.4) is 0 Å². The number of aromatic amines is 1. The summed E-state index contributed by atoms with van der Waals surface area (Å²) in [5.41, 5.74) is 2.75. The van der Waals surface area contributed by atoms with Gasteiger partial charge in [-0.15, -0.1) is 0 Å². The molecule has 9 heteroatoms. The Morgan fingerprint density at radius 3 is 2.38 bits per heavy atom. The Kier molecular flexibility index (Phi) is 8.42. The molecule has 1 heterocycles. The van der Waals surface area contributed by atoms with Crippen LogP contribution in [0.4, 0.5) is 11.4 Å². The third kappa shape index (κ3) is 6.46. The highest BCUT2D eigenvalue weighted by atomic mass is 16.6. The molecule has 0 bridgehead atoms. The third-order valence-electron chi connectivity index (χ3n) is 4.91. The zero-order valence-corrected chi connectivity index (χ0v) is 19.3. The summed E-state index contributed by atoms with van der Waals surface area (Å²) in [6, 6.07) is 15.8. The molecule has 0 saturated heterocycles. The van der Waals surface area contributed by atoms with E-state index in [1.807, 2.05) is 18.2 Å². The second-order valence-electron chi connectivity index (χ2n) is 7.44. The van der Waals surface area contributed by atoms with Crippen molar-refractivity contribution in [1.82, 2.24) is 4.98 Å². The second-order valence-corrected chi connectivity index (χ2v) is 7.44. The van der Waals surface area contributed by atoms with Crippen molar-refractivity contribution < 1.29 is 28.6 Å². The van der Waals surface area contributed by atoms with E-state index in [0.29, 0.717) is 33.9 Å². The molecule has 1 aromatic heterocycles. The Morgan fingerprint density at radius 1 is 0.912 bits per heavy atom. The number of benzene rings is 2. The number of methoxy groups -OCH3 is 1. The van der Waals surface area contributed by atoms with E-state index in [1.54, 1.807) is 50.2 Å². The predicted molar refractivity (Wildman–Crippen MR) is 127 cm³/mol. The lowest BCUT2D eigenvalue weighted by molar-refractivity contribution is -0.118. The molecule has 0 radical (unpaired) electrons. The summed E-state index contributed by atoms with van der Waals surface area (Å²) in [7, 11) is 1.52. The van der Waals surface area contributed by atoms with E-state index in [1.165, 1.54) is 7.11 Å². The van der Waals surface area contributed by atoms with Crippen molar-refractivity contribution in [1.29, 1.82) is 0 Å². The molecule has 0 spiro atoms. The first-order valence-corrected chi connectivity index (χ1v) is 10.6. The molecule has 0 fully saturated rings. The van der Waals surface area contributed by atoms with Crippen molar-refractivity contribution in [2.45, 2.75) is 13.8 Å². The van der Waals surface area contributed by atoms with Gasteiger partial charge in [0.1, 0.15) is 18.1 Å². The minimum absolute atomic E-state index is 0.122. The van der Waals surface area contributed by atoms with E-state index >= 15 is 0 Å². The molecule has 3 N–H and O–H groups in total. The number of hydrogen-bond acceptors (Lipinski definition) is 6. The maximum absolute atomic E-state index is 12.8. The molecule has 34 heavy (non-hydrogen) atoms. The summed E-state index contributed by atoms with van der Waals surface area (Å²) in [4.78, 5) is 40.3. The van der Waals surface area contributed by atoms with Crippen molar-refractivity contribution >= 4 is 29.2 Å². The number of carbonyl (C=O) groups excluding carboxylic acids is 3. The summed E-state index contributed by atoms with van der Waals surface area (Å²) in [6.45, 7) is 3.60. The molecule has 0 atom stereocenters. The van der Waals surface area contributed by atoms with Gasteiger partial charge in [0.15, 0.2) is 6.61 Å². The van der Waals surface area contributed by atoms with Crippen LogP contribution >= 0.6 is 0 Å². The first-order valence-electron chi connectivity index (χ1n) is 10.6. The van der Waals surface area contributed by atoms with Gasteiger partial charge in [-0.05, 0) is 43.7 Å². The largest absolute Gasteiger partial charge is 0.484 e. The summed E-state index contributed by atoms with van der Waals surface area (Å²) in [5.74, 6) is -0.826. The quantitative estimate of drug-likeness (QED) is 0.310. The normalized spacial score (nSPS) is 10.4. The fraction of sp³-hybridized carbons (Fsp3) is 0.240. The lowest BCUT2D eigenvalue weighted by Crippen LogP contribution is -2.20. The van der Waals surface area contributed by atoms with Gasteiger partial charge in [0.2, 0.25) is 0 Å². The number of carbonyl (C=O) groups is 3. The number of H-pyrrole nitrogens is 1. The Labute approximate surface area is 197 Å².